The first-order chi connectivity index (χ1) is 16.6. The van der Waals surface area contributed by atoms with Crippen LogP contribution >= 0.6 is 0 Å². The van der Waals surface area contributed by atoms with Gasteiger partial charge in [-0.15, -0.1) is 0 Å². The number of cyclic esters (lactones) is 2. The number of aromatic nitrogens is 1. The van der Waals surface area contributed by atoms with Crippen molar-refractivity contribution in [3.8, 4) is 11.5 Å². The van der Waals surface area contributed by atoms with Crippen molar-refractivity contribution in [3.63, 3.8) is 0 Å². The van der Waals surface area contributed by atoms with Gasteiger partial charge in [0.2, 0.25) is 0 Å². The lowest BCUT2D eigenvalue weighted by Crippen LogP contribution is -2.46. The molecule has 1 aliphatic rings. The molecule has 1 aromatic rings. The van der Waals surface area contributed by atoms with Gasteiger partial charge < -0.3 is 34.1 Å². The second kappa shape index (κ2) is 12.5. The summed E-state index contributed by atoms with van der Waals surface area (Å²) in [6, 6.07) is -0.135. The van der Waals surface area contributed by atoms with E-state index >= 15 is 0 Å². The van der Waals surface area contributed by atoms with Gasteiger partial charge in [-0.3, -0.25) is 19.2 Å². The Balaban J connectivity index is 2.28. The standard InChI is InChI=1S/C22H28N2O11/c1-11(2)20(28)35-18-12(3)34-22(30)14(9-33-21(29)13(18)6-8-32-10-25)24-19(27)16-17(26)15(31-4)5-7-23-16/h5,7,10-14,18,26H,6,8-9H2,1-4H3,(H,24,27). The Morgan fingerprint density at radius 2 is 2.03 bits per heavy atom. The largest absolute Gasteiger partial charge is 0.503 e. The van der Waals surface area contributed by atoms with Crippen molar-refractivity contribution >= 4 is 30.3 Å². The third-order valence-corrected chi connectivity index (χ3v) is 5.11. The molecule has 4 unspecified atom stereocenters. The topological polar surface area (TPSA) is 177 Å². The fourth-order valence-corrected chi connectivity index (χ4v) is 3.20. The predicted octanol–water partition coefficient (Wildman–Crippen LogP) is 0.130. The molecule has 0 aliphatic carbocycles. The van der Waals surface area contributed by atoms with Crippen molar-refractivity contribution in [1.29, 1.82) is 0 Å². The number of esters is 3. The van der Waals surface area contributed by atoms with Crippen LogP contribution in [0.3, 0.4) is 0 Å². The predicted molar refractivity (Wildman–Crippen MR) is 115 cm³/mol. The summed E-state index contributed by atoms with van der Waals surface area (Å²) in [7, 11) is 1.28. The number of ether oxygens (including phenoxy) is 5. The number of methoxy groups -OCH3 is 1. The zero-order chi connectivity index (χ0) is 26.1. The number of rotatable bonds is 9. The highest BCUT2D eigenvalue weighted by atomic mass is 16.6. The Hall–Kier alpha value is -3.90. The first-order valence-electron chi connectivity index (χ1n) is 10.8. The smallest absolute Gasteiger partial charge is 0.332 e. The van der Waals surface area contributed by atoms with Crippen LogP contribution in [0.15, 0.2) is 12.3 Å². The Kier molecular flexibility index (Phi) is 9.79. The lowest BCUT2D eigenvalue weighted by molar-refractivity contribution is -0.177. The molecule has 1 fully saturated rings. The maximum absolute atomic E-state index is 12.9. The second-order valence-electron chi connectivity index (χ2n) is 7.93. The van der Waals surface area contributed by atoms with Gasteiger partial charge in [0.15, 0.2) is 29.3 Å². The van der Waals surface area contributed by atoms with E-state index in [-0.39, 0.29) is 25.2 Å². The summed E-state index contributed by atoms with van der Waals surface area (Å²) >= 11 is 0. The number of hydrogen-bond donors (Lipinski definition) is 2. The van der Waals surface area contributed by atoms with E-state index in [4.69, 9.17) is 18.9 Å². The van der Waals surface area contributed by atoms with E-state index in [0.717, 1.165) is 0 Å². The summed E-state index contributed by atoms with van der Waals surface area (Å²) < 4.78 is 25.7. The van der Waals surface area contributed by atoms with Crippen LogP contribution in [0.1, 0.15) is 37.7 Å². The van der Waals surface area contributed by atoms with E-state index < -0.39 is 72.0 Å². The highest BCUT2D eigenvalue weighted by molar-refractivity contribution is 5.98. The van der Waals surface area contributed by atoms with E-state index in [9.17, 15) is 29.1 Å². The van der Waals surface area contributed by atoms with E-state index in [1.165, 1.54) is 26.3 Å². The lowest BCUT2D eigenvalue weighted by Gasteiger charge is -2.29. The summed E-state index contributed by atoms with van der Waals surface area (Å²) in [5.41, 5.74) is -0.427. The van der Waals surface area contributed by atoms with E-state index in [0.29, 0.717) is 0 Å². The fraction of sp³-hybridized carbons (Fsp3) is 0.545. The molecule has 1 saturated heterocycles. The minimum atomic E-state index is -1.47. The van der Waals surface area contributed by atoms with Crippen LogP contribution in [0.4, 0.5) is 0 Å². The van der Waals surface area contributed by atoms with Gasteiger partial charge in [0, 0.05) is 12.3 Å². The van der Waals surface area contributed by atoms with Crippen LogP contribution in [-0.4, -0.2) is 79.0 Å². The third kappa shape index (κ3) is 7.04. The highest BCUT2D eigenvalue weighted by Gasteiger charge is 2.42. The second-order valence-corrected chi connectivity index (χ2v) is 7.93. The molecule has 192 valence electrons. The molecule has 0 bridgehead atoms. The normalized spacial score (nSPS) is 22.5. The number of carbonyl (C=O) groups is 5. The molecule has 13 nitrogen and oxygen atoms in total. The summed E-state index contributed by atoms with van der Waals surface area (Å²) in [5, 5.41) is 12.5. The Morgan fingerprint density at radius 3 is 2.66 bits per heavy atom. The molecular formula is C22H28N2O11. The Bertz CT molecular complexity index is 949. The molecule has 0 saturated carbocycles. The first kappa shape index (κ1) is 27.3. The molecule has 0 spiro atoms. The summed E-state index contributed by atoms with van der Waals surface area (Å²) in [5.74, 6) is -5.66. The lowest BCUT2D eigenvalue weighted by atomic mass is 9.95. The number of aromatic hydroxyl groups is 1. The van der Waals surface area contributed by atoms with Crippen molar-refractivity contribution in [2.24, 2.45) is 11.8 Å². The number of nitrogens with zero attached hydrogens (tertiary/aromatic N) is 1. The molecule has 2 heterocycles. The Labute approximate surface area is 201 Å². The monoisotopic (exact) mass is 496 g/mol. The summed E-state index contributed by atoms with van der Waals surface area (Å²) in [6.45, 7) is 4.00. The number of amides is 1. The van der Waals surface area contributed by atoms with E-state index in [1.54, 1.807) is 13.8 Å². The molecule has 1 aliphatic heterocycles. The molecule has 13 heteroatoms. The molecule has 0 radical (unpaired) electrons. The summed E-state index contributed by atoms with van der Waals surface area (Å²) in [4.78, 5) is 64.9. The number of pyridine rings is 1. The van der Waals surface area contributed by atoms with Gasteiger partial charge in [-0.2, -0.15) is 0 Å². The van der Waals surface area contributed by atoms with Gasteiger partial charge >= 0.3 is 17.9 Å². The molecule has 4 atom stereocenters. The van der Waals surface area contributed by atoms with Gasteiger partial charge in [0.1, 0.15) is 18.6 Å². The van der Waals surface area contributed by atoms with Crippen molar-refractivity contribution < 1.29 is 52.8 Å². The molecule has 0 aromatic carbocycles. The van der Waals surface area contributed by atoms with Gasteiger partial charge in [-0.25, -0.2) is 9.78 Å². The van der Waals surface area contributed by atoms with Gasteiger partial charge in [0.05, 0.1) is 19.6 Å². The van der Waals surface area contributed by atoms with E-state index in [1.807, 2.05) is 0 Å². The average Bonchev–Trinajstić information content (AvgIpc) is 2.85. The SMILES string of the molecule is COc1ccnc(C(=O)NC2COC(=O)C(CCOC=O)C(OC(=O)C(C)C)C(C)OC2=O)c1O. The van der Waals surface area contributed by atoms with Gasteiger partial charge in [-0.1, -0.05) is 13.8 Å². The number of nitrogens with one attached hydrogen (secondary N) is 1. The average molecular weight is 496 g/mol. The van der Waals surface area contributed by atoms with Crippen molar-refractivity contribution in [2.45, 2.75) is 45.4 Å². The zero-order valence-electron chi connectivity index (χ0n) is 19.7. The number of hydrogen-bond acceptors (Lipinski definition) is 12. The Morgan fingerprint density at radius 1 is 1.31 bits per heavy atom. The maximum atomic E-state index is 12.9. The molecule has 35 heavy (non-hydrogen) atoms. The van der Waals surface area contributed by atoms with Crippen LogP contribution in [0.5, 0.6) is 11.5 Å². The molecule has 1 amide bonds. The van der Waals surface area contributed by atoms with Crippen LogP contribution < -0.4 is 10.1 Å². The minimum absolute atomic E-state index is 0.0163. The van der Waals surface area contributed by atoms with Crippen molar-refractivity contribution in [1.82, 2.24) is 10.3 Å². The van der Waals surface area contributed by atoms with Crippen LogP contribution in [0.25, 0.3) is 0 Å². The molecule has 2 rings (SSSR count). The molecule has 2 N–H and O–H groups in total. The minimum Gasteiger partial charge on any atom is -0.503 e. The van der Waals surface area contributed by atoms with Crippen molar-refractivity contribution in [3.05, 3.63) is 18.0 Å². The maximum Gasteiger partial charge on any atom is 0.332 e. The zero-order valence-corrected chi connectivity index (χ0v) is 19.7. The van der Waals surface area contributed by atoms with Crippen LogP contribution in [0.2, 0.25) is 0 Å². The first-order valence-corrected chi connectivity index (χ1v) is 10.8. The third-order valence-electron chi connectivity index (χ3n) is 5.11. The number of carbonyl (C=O) groups excluding carboxylic acids is 5. The van der Waals surface area contributed by atoms with E-state index in [2.05, 4.69) is 15.0 Å². The van der Waals surface area contributed by atoms with Crippen molar-refractivity contribution in [2.75, 3.05) is 20.3 Å². The van der Waals surface area contributed by atoms with Crippen LogP contribution in [0, 0.1) is 11.8 Å². The van der Waals surface area contributed by atoms with Gasteiger partial charge in [0.25, 0.3) is 12.4 Å². The van der Waals surface area contributed by atoms with Gasteiger partial charge in [-0.05, 0) is 13.3 Å². The molecular weight excluding hydrogens is 468 g/mol. The highest BCUT2D eigenvalue weighted by Crippen LogP contribution is 2.28. The summed E-state index contributed by atoms with van der Waals surface area (Å²) in [6.07, 6.45) is -1.22. The van der Waals surface area contributed by atoms with Crippen LogP contribution in [-0.2, 0) is 38.1 Å². The fourth-order valence-electron chi connectivity index (χ4n) is 3.20. The quantitative estimate of drug-likeness (QED) is 0.205. The molecule has 1 aromatic heterocycles.